The Hall–Kier alpha value is -1.33. The normalized spacial score (nSPS) is 41.9. The van der Waals surface area contributed by atoms with Crippen molar-refractivity contribution >= 4 is 23.8 Å². The van der Waals surface area contributed by atoms with E-state index < -0.39 is 48.5 Å². The third kappa shape index (κ3) is 4.00. The molecule has 1 aromatic heterocycles. The van der Waals surface area contributed by atoms with E-state index in [9.17, 15) is 19.0 Å². The van der Waals surface area contributed by atoms with Crippen molar-refractivity contribution in [3.05, 3.63) is 12.0 Å². The first-order chi connectivity index (χ1) is 13.9. The Bertz CT molecular complexity index is 741. The number of aliphatic hydroxyl groups excluding tert-OH is 2. The molecule has 0 bridgehead atoms. The number of nitrogens with one attached hydrogen (secondary N) is 1. The summed E-state index contributed by atoms with van der Waals surface area (Å²) in [7, 11) is 0. The molecule has 0 aromatic carbocycles. The molecule has 29 heavy (non-hydrogen) atoms. The van der Waals surface area contributed by atoms with E-state index in [4.69, 9.17) is 21.1 Å². The number of alkyl halides is 3. The summed E-state index contributed by atoms with van der Waals surface area (Å²) < 4.78 is 40.6. The van der Waals surface area contributed by atoms with Crippen LogP contribution in [0.1, 0.15) is 44.3 Å². The molecule has 1 saturated carbocycles. The molecule has 2 fully saturated rings. The quantitative estimate of drug-likeness (QED) is 0.613. The van der Waals surface area contributed by atoms with Crippen LogP contribution in [0.4, 0.5) is 14.6 Å². The monoisotopic (exact) mass is 434 g/mol. The van der Waals surface area contributed by atoms with Gasteiger partial charge in [0.1, 0.15) is 36.1 Å². The number of nitrogens with zero attached hydrogens (tertiary/aromatic N) is 3. The Morgan fingerprint density at radius 3 is 2.69 bits per heavy atom. The summed E-state index contributed by atoms with van der Waals surface area (Å²) in [5.41, 5.74) is 0.508. The number of anilines is 1. The highest BCUT2D eigenvalue weighted by Crippen LogP contribution is 2.37. The van der Waals surface area contributed by atoms with Crippen LogP contribution in [0, 0.1) is 5.92 Å². The number of hydrogen-bond acceptors (Lipinski definition) is 7. The molecule has 3 N–H and O–H groups in total. The van der Waals surface area contributed by atoms with Gasteiger partial charge in [0.05, 0.1) is 24.1 Å². The number of aliphatic hydroxyl groups is 2. The second kappa shape index (κ2) is 8.43. The largest absolute Gasteiger partial charge is 0.388 e. The van der Waals surface area contributed by atoms with Crippen LogP contribution in [0.2, 0.25) is 0 Å². The Labute approximate surface area is 171 Å². The number of ether oxygens (including phenoxy) is 2. The van der Waals surface area contributed by atoms with Crippen molar-refractivity contribution in [3.8, 4) is 0 Å². The Morgan fingerprint density at radius 2 is 2.03 bits per heavy atom. The van der Waals surface area contributed by atoms with Gasteiger partial charge in [0.25, 0.3) is 0 Å². The maximum absolute atomic E-state index is 13.8. The fraction of sp³-hybridized carbons (Fsp3) is 0.778. The molecular formula is C18H25ClF2N4O4. The van der Waals surface area contributed by atoms with Crippen LogP contribution in [0.3, 0.4) is 0 Å². The predicted octanol–water partition coefficient (Wildman–Crippen LogP) is 2.07. The number of fused-ring (bicyclic) bond motifs is 1. The Balaban J connectivity index is 1.37. The second-order valence-corrected chi connectivity index (χ2v) is 8.35. The lowest BCUT2D eigenvalue weighted by atomic mass is 9.84. The highest BCUT2D eigenvalue weighted by Gasteiger charge is 2.43. The first-order valence-corrected chi connectivity index (χ1v) is 10.2. The smallest absolute Gasteiger partial charge is 0.196 e. The molecule has 4 rings (SSSR count). The minimum atomic E-state index is -1.35. The van der Waals surface area contributed by atoms with Gasteiger partial charge in [-0.15, -0.1) is 11.6 Å². The summed E-state index contributed by atoms with van der Waals surface area (Å²) >= 11 is 5.72. The van der Waals surface area contributed by atoms with E-state index in [0.29, 0.717) is 17.9 Å². The molecule has 3 heterocycles. The lowest BCUT2D eigenvalue weighted by molar-refractivity contribution is -0.0311. The maximum atomic E-state index is 13.8. The maximum Gasteiger partial charge on any atom is 0.196 e. The number of aliphatic imine (C=N–C) groups is 1. The fourth-order valence-corrected chi connectivity index (χ4v) is 4.32. The summed E-state index contributed by atoms with van der Waals surface area (Å²) in [5.74, 6) is 0.411. The predicted molar refractivity (Wildman–Crippen MR) is 101 cm³/mol. The van der Waals surface area contributed by atoms with Crippen LogP contribution in [-0.2, 0) is 9.47 Å². The second-order valence-electron chi connectivity index (χ2n) is 7.85. The SMILES string of the molecule is C[C@H]1O[C@@H](n2cnc3c2NC=NC3OCCC2CC(F)C(Cl)C(F)C2)[C@H](O)[C@@H]1O. The van der Waals surface area contributed by atoms with E-state index in [2.05, 4.69) is 15.3 Å². The highest BCUT2D eigenvalue weighted by atomic mass is 35.5. The average Bonchev–Trinajstić information content (AvgIpc) is 3.23. The summed E-state index contributed by atoms with van der Waals surface area (Å²) in [6, 6.07) is 0. The van der Waals surface area contributed by atoms with Gasteiger partial charge >= 0.3 is 0 Å². The van der Waals surface area contributed by atoms with Crippen LogP contribution in [-0.4, -0.2) is 68.7 Å². The first-order valence-electron chi connectivity index (χ1n) is 9.77. The molecule has 2 aliphatic heterocycles. The van der Waals surface area contributed by atoms with Crippen molar-refractivity contribution in [1.29, 1.82) is 0 Å². The third-order valence-electron chi connectivity index (χ3n) is 5.83. The molecule has 7 atom stereocenters. The van der Waals surface area contributed by atoms with Gasteiger partial charge in [-0.1, -0.05) is 0 Å². The number of aromatic nitrogens is 2. The van der Waals surface area contributed by atoms with Gasteiger partial charge in [0.2, 0.25) is 0 Å². The molecule has 0 radical (unpaired) electrons. The van der Waals surface area contributed by atoms with Crippen LogP contribution >= 0.6 is 11.6 Å². The molecule has 8 nitrogen and oxygen atoms in total. The van der Waals surface area contributed by atoms with Gasteiger partial charge in [-0.05, 0) is 32.1 Å². The van der Waals surface area contributed by atoms with Crippen molar-refractivity contribution in [2.75, 3.05) is 11.9 Å². The lowest BCUT2D eigenvalue weighted by Gasteiger charge is -2.31. The summed E-state index contributed by atoms with van der Waals surface area (Å²) in [4.78, 5) is 8.55. The summed E-state index contributed by atoms with van der Waals surface area (Å²) in [5, 5.41) is 22.1. The number of imidazole rings is 1. The fourth-order valence-electron chi connectivity index (χ4n) is 4.12. The molecule has 1 aliphatic carbocycles. The van der Waals surface area contributed by atoms with Crippen molar-refractivity contribution < 1.29 is 28.5 Å². The van der Waals surface area contributed by atoms with Gasteiger partial charge < -0.3 is 25.0 Å². The van der Waals surface area contributed by atoms with E-state index in [1.807, 2.05) is 0 Å². The van der Waals surface area contributed by atoms with E-state index in [1.165, 1.54) is 12.7 Å². The van der Waals surface area contributed by atoms with E-state index >= 15 is 0 Å². The van der Waals surface area contributed by atoms with Crippen molar-refractivity contribution in [1.82, 2.24) is 9.55 Å². The van der Waals surface area contributed by atoms with Crippen molar-refractivity contribution in [2.45, 2.75) is 74.7 Å². The van der Waals surface area contributed by atoms with Crippen LogP contribution in [0.5, 0.6) is 0 Å². The molecule has 0 spiro atoms. The van der Waals surface area contributed by atoms with Crippen molar-refractivity contribution in [2.24, 2.45) is 10.9 Å². The number of hydrogen-bond donors (Lipinski definition) is 3. The molecule has 0 amide bonds. The zero-order chi connectivity index (χ0) is 20.7. The van der Waals surface area contributed by atoms with E-state index in [0.717, 1.165) is 0 Å². The first kappa shape index (κ1) is 20.9. The Morgan fingerprint density at radius 1 is 1.31 bits per heavy atom. The van der Waals surface area contributed by atoms with Crippen LogP contribution < -0.4 is 5.32 Å². The molecule has 3 unspecified atom stereocenters. The average molecular weight is 435 g/mol. The van der Waals surface area contributed by atoms with Crippen LogP contribution in [0.15, 0.2) is 11.3 Å². The van der Waals surface area contributed by atoms with Gasteiger partial charge in [-0.2, -0.15) is 0 Å². The number of rotatable bonds is 5. The van der Waals surface area contributed by atoms with Gasteiger partial charge in [0.15, 0.2) is 12.5 Å². The molecule has 11 heteroatoms. The zero-order valence-electron chi connectivity index (χ0n) is 15.9. The zero-order valence-corrected chi connectivity index (χ0v) is 16.6. The van der Waals surface area contributed by atoms with E-state index in [-0.39, 0.29) is 25.4 Å². The summed E-state index contributed by atoms with van der Waals surface area (Å²) in [6.45, 7) is 1.95. The topological polar surface area (TPSA) is 101 Å². The van der Waals surface area contributed by atoms with E-state index in [1.54, 1.807) is 11.5 Å². The molecule has 1 aromatic rings. The van der Waals surface area contributed by atoms with Gasteiger partial charge in [-0.3, -0.25) is 4.57 Å². The Kier molecular flexibility index (Phi) is 6.08. The molecule has 3 aliphatic rings. The highest BCUT2D eigenvalue weighted by molar-refractivity contribution is 6.21. The minimum absolute atomic E-state index is 0.136. The van der Waals surface area contributed by atoms with Gasteiger partial charge in [0, 0.05) is 6.61 Å². The standard InChI is InChI=1S/C18H25ClF2N4O4/c1-8-14(26)15(27)18(29-8)25-7-24-13-16(25)22-6-23-17(13)28-3-2-9-4-10(20)12(19)11(21)5-9/h6-12,14-15,17-18,26-27H,2-5H2,1H3,(H,22,23)/t8-,9?,10?,11?,12?,14-,15-,17?,18-/m1/s1. The number of halogens is 3. The van der Waals surface area contributed by atoms with Crippen LogP contribution in [0.25, 0.3) is 0 Å². The third-order valence-corrected chi connectivity index (χ3v) is 6.38. The minimum Gasteiger partial charge on any atom is -0.388 e. The molecule has 162 valence electrons. The summed E-state index contributed by atoms with van der Waals surface area (Å²) in [6.07, 6.45) is -2.87. The lowest BCUT2D eigenvalue weighted by Crippen LogP contribution is -2.36. The van der Waals surface area contributed by atoms with Gasteiger partial charge in [-0.25, -0.2) is 18.8 Å². The molecule has 1 saturated heterocycles. The van der Waals surface area contributed by atoms with Crippen molar-refractivity contribution in [3.63, 3.8) is 0 Å². The molecular weight excluding hydrogens is 410 g/mol.